The summed E-state index contributed by atoms with van der Waals surface area (Å²) in [6, 6.07) is 2.20. The Hall–Kier alpha value is -0.200. The predicted octanol–water partition coefficient (Wildman–Crippen LogP) is 2.12. The fourth-order valence-corrected chi connectivity index (χ4v) is 2.86. The van der Waals surface area contributed by atoms with Gasteiger partial charge in [-0.1, -0.05) is 0 Å². The van der Waals surface area contributed by atoms with Gasteiger partial charge in [-0.25, -0.2) is 0 Å². The lowest BCUT2D eigenvalue weighted by Gasteiger charge is -2.37. The summed E-state index contributed by atoms with van der Waals surface area (Å²) in [5, 5.41) is 8.43. The van der Waals surface area contributed by atoms with Crippen molar-refractivity contribution in [2.45, 2.75) is 31.4 Å². The number of hydrogen-bond acceptors (Lipinski definition) is 3. The Morgan fingerprint density at radius 2 is 2.31 bits per heavy atom. The van der Waals surface area contributed by atoms with Crippen LogP contribution < -0.4 is 0 Å². The van der Waals surface area contributed by atoms with Crippen LogP contribution in [-0.4, -0.2) is 35.0 Å². The van der Waals surface area contributed by atoms with Gasteiger partial charge in [0.25, 0.3) is 0 Å². The van der Waals surface area contributed by atoms with Crippen molar-refractivity contribution in [3.8, 4) is 6.07 Å². The third-order valence-corrected chi connectivity index (χ3v) is 3.56. The van der Waals surface area contributed by atoms with Crippen molar-refractivity contribution in [3.63, 3.8) is 0 Å². The number of unbranched alkanes of at least 4 members (excludes halogenated alkanes) is 1. The zero-order valence-electron chi connectivity index (χ0n) is 8.55. The zero-order chi connectivity index (χ0) is 9.73. The van der Waals surface area contributed by atoms with Crippen LogP contribution in [0.3, 0.4) is 0 Å². The molecule has 0 unspecified atom stereocenters. The summed E-state index contributed by atoms with van der Waals surface area (Å²) in [6.45, 7) is 8.06. The molecule has 0 atom stereocenters. The summed E-state index contributed by atoms with van der Waals surface area (Å²) in [5.41, 5.74) is 0. The maximum absolute atomic E-state index is 8.43. The van der Waals surface area contributed by atoms with Gasteiger partial charge in [0.05, 0.1) is 6.07 Å². The van der Waals surface area contributed by atoms with E-state index in [0.717, 1.165) is 13.0 Å². The number of nitriles is 1. The van der Waals surface area contributed by atoms with Crippen molar-refractivity contribution in [3.05, 3.63) is 0 Å². The van der Waals surface area contributed by atoms with Crippen molar-refractivity contribution in [1.29, 1.82) is 5.26 Å². The van der Waals surface area contributed by atoms with Crippen LogP contribution in [0.5, 0.6) is 0 Å². The molecule has 74 valence electrons. The first kappa shape index (κ1) is 10.9. The summed E-state index contributed by atoms with van der Waals surface area (Å²) in [6.07, 6.45) is 1.72. The molecule has 1 aliphatic rings. The van der Waals surface area contributed by atoms with Crippen LogP contribution in [-0.2, 0) is 0 Å². The van der Waals surface area contributed by atoms with Crippen molar-refractivity contribution in [2.24, 2.45) is 0 Å². The van der Waals surface area contributed by atoms with Crippen LogP contribution in [0.1, 0.15) is 26.7 Å². The number of hydrogen-bond donors (Lipinski definition) is 0. The first-order chi connectivity index (χ1) is 6.14. The molecule has 0 saturated carbocycles. The van der Waals surface area contributed by atoms with Gasteiger partial charge in [0.2, 0.25) is 0 Å². The summed E-state index contributed by atoms with van der Waals surface area (Å²) in [5.74, 6) is 1.24. The maximum Gasteiger partial charge on any atom is 0.0622 e. The van der Waals surface area contributed by atoms with Crippen molar-refractivity contribution in [1.82, 2.24) is 4.90 Å². The fourth-order valence-electron chi connectivity index (χ4n) is 1.69. The Kier molecular flexibility index (Phi) is 4.08. The normalized spacial score (nSPS) is 22.5. The third-order valence-electron chi connectivity index (χ3n) is 2.27. The zero-order valence-corrected chi connectivity index (χ0v) is 9.36. The molecule has 1 saturated heterocycles. The lowest BCUT2D eigenvalue weighted by atomic mass is 10.1. The Bertz CT molecular complexity index is 196. The molecule has 0 aromatic rings. The monoisotopic (exact) mass is 198 g/mol. The number of rotatable bonds is 3. The van der Waals surface area contributed by atoms with Crippen LogP contribution in [0.25, 0.3) is 0 Å². The summed E-state index contributed by atoms with van der Waals surface area (Å²) in [7, 11) is 0. The molecule has 0 aromatic heterocycles. The van der Waals surface area contributed by atoms with E-state index in [2.05, 4.69) is 36.6 Å². The van der Waals surface area contributed by atoms with Gasteiger partial charge in [0, 0.05) is 30.0 Å². The smallest absolute Gasteiger partial charge is 0.0622 e. The second-order valence-corrected chi connectivity index (χ2v) is 5.95. The van der Waals surface area contributed by atoms with Crippen LogP contribution >= 0.6 is 11.8 Å². The average Bonchev–Trinajstić information content (AvgIpc) is 2.03. The topological polar surface area (TPSA) is 27.0 Å². The van der Waals surface area contributed by atoms with E-state index >= 15 is 0 Å². The van der Waals surface area contributed by atoms with Gasteiger partial charge in [-0.2, -0.15) is 17.0 Å². The molecule has 0 spiro atoms. The van der Waals surface area contributed by atoms with Gasteiger partial charge in [0.15, 0.2) is 0 Å². The highest BCUT2D eigenvalue weighted by atomic mass is 32.2. The fraction of sp³-hybridized carbons (Fsp3) is 0.900. The highest BCUT2D eigenvalue weighted by Crippen LogP contribution is 2.29. The molecular formula is C10H18N2S. The van der Waals surface area contributed by atoms with E-state index in [-0.39, 0.29) is 0 Å². The minimum Gasteiger partial charge on any atom is -0.301 e. The summed E-state index contributed by atoms with van der Waals surface area (Å²) < 4.78 is 0.408. The van der Waals surface area contributed by atoms with Crippen LogP contribution in [0.4, 0.5) is 0 Å². The minimum absolute atomic E-state index is 0.408. The lowest BCUT2D eigenvalue weighted by Crippen LogP contribution is -2.43. The minimum atomic E-state index is 0.408. The van der Waals surface area contributed by atoms with E-state index in [0.29, 0.717) is 11.2 Å². The van der Waals surface area contributed by atoms with Gasteiger partial charge in [-0.05, 0) is 26.8 Å². The molecule has 0 radical (unpaired) electrons. The molecule has 1 fully saturated rings. The Balaban J connectivity index is 2.23. The van der Waals surface area contributed by atoms with Gasteiger partial charge in [0.1, 0.15) is 0 Å². The molecule has 0 bridgehead atoms. The molecule has 0 N–H and O–H groups in total. The van der Waals surface area contributed by atoms with Crippen LogP contribution in [0.15, 0.2) is 0 Å². The number of nitrogens with zero attached hydrogens (tertiary/aromatic N) is 2. The van der Waals surface area contributed by atoms with Crippen molar-refractivity contribution in [2.75, 3.05) is 25.4 Å². The Morgan fingerprint density at radius 1 is 1.54 bits per heavy atom. The summed E-state index contributed by atoms with van der Waals surface area (Å²) in [4.78, 5) is 2.48. The molecule has 1 aliphatic heterocycles. The Morgan fingerprint density at radius 3 is 2.92 bits per heavy atom. The van der Waals surface area contributed by atoms with E-state index < -0.39 is 0 Å². The van der Waals surface area contributed by atoms with Crippen molar-refractivity contribution >= 4 is 11.8 Å². The quantitative estimate of drug-likeness (QED) is 0.650. The molecular weight excluding hydrogens is 180 g/mol. The van der Waals surface area contributed by atoms with E-state index in [1.54, 1.807) is 0 Å². The van der Waals surface area contributed by atoms with Crippen LogP contribution in [0.2, 0.25) is 0 Å². The van der Waals surface area contributed by atoms with Gasteiger partial charge in [-0.3, -0.25) is 0 Å². The molecule has 1 heterocycles. The molecule has 1 rings (SSSR count). The van der Waals surface area contributed by atoms with E-state index in [1.807, 2.05) is 0 Å². The second kappa shape index (κ2) is 4.88. The van der Waals surface area contributed by atoms with Gasteiger partial charge in [-0.15, -0.1) is 0 Å². The first-order valence-electron chi connectivity index (χ1n) is 4.87. The van der Waals surface area contributed by atoms with E-state index in [9.17, 15) is 0 Å². The van der Waals surface area contributed by atoms with Gasteiger partial charge < -0.3 is 4.90 Å². The SMILES string of the molecule is CC1(C)CN(CCCC#N)CCS1. The standard InChI is InChI=1S/C10H18N2S/c1-10(2)9-12(7-8-13-10)6-4-3-5-11/h3-4,6-9H2,1-2H3. The molecule has 0 aliphatic carbocycles. The highest BCUT2D eigenvalue weighted by molar-refractivity contribution is 8.00. The van der Waals surface area contributed by atoms with E-state index in [4.69, 9.17) is 5.26 Å². The largest absolute Gasteiger partial charge is 0.301 e. The lowest BCUT2D eigenvalue weighted by molar-refractivity contribution is 0.258. The Labute approximate surface area is 85.3 Å². The highest BCUT2D eigenvalue weighted by Gasteiger charge is 2.26. The summed E-state index contributed by atoms with van der Waals surface area (Å²) >= 11 is 2.06. The molecule has 0 aromatic carbocycles. The third kappa shape index (κ3) is 4.02. The van der Waals surface area contributed by atoms with Gasteiger partial charge >= 0.3 is 0 Å². The maximum atomic E-state index is 8.43. The average molecular weight is 198 g/mol. The first-order valence-corrected chi connectivity index (χ1v) is 5.86. The van der Waals surface area contributed by atoms with E-state index in [1.165, 1.54) is 18.8 Å². The predicted molar refractivity (Wildman–Crippen MR) is 57.8 cm³/mol. The van der Waals surface area contributed by atoms with Crippen molar-refractivity contribution < 1.29 is 0 Å². The molecule has 0 amide bonds. The number of thioether (sulfide) groups is 1. The molecule has 13 heavy (non-hydrogen) atoms. The van der Waals surface area contributed by atoms with Crippen LogP contribution in [0, 0.1) is 11.3 Å². The molecule has 3 heteroatoms. The molecule has 2 nitrogen and oxygen atoms in total. The second-order valence-electron chi connectivity index (χ2n) is 4.15.